The standard InChI is InChI=1S/C16H16N4OS2/c1-2-22-16-19-18-15(23-16)17-14(21)13(20-10-6-7-11-20)12-8-4-3-5-9-12/h3-11,13H,2H2,1H3,(H,17,18,21). The molecule has 2 heterocycles. The number of hydrogen-bond acceptors (Lipinski definition) is 5. The fourth-order valence-corrected chi connectivity index (χ4v) is 3.88. The van der Waals surface area contributed by atoms with Crippen LogP contribution in [0.15, 0.2) is 59.2 Å². The molecule has 3 rings (SSSR count). The van der Waals surface area contributed by atoms with Gasteiger partial charge in [-0.3, -0.25) is 10.1 Å². The average molecular weight is 344 g/mol. The fourth-order valence-electron chi connectivity index (χ4n) is 2.23. The van der Waals surface area contributed by atoms with E-state index in [0.29, 0.717) is 5.13 Å². The lowest BCUT2D eigenvalue weighted by atomic mass is 10.1. The molecule has 1 N–H and O–H groups in total. The summed E-state index contributed by atoms with van der Waals surface area (Å²) in [5.41, 5.74) is 0.925. The van der Waals surface area contributed by atoms with E-state index in [9.17, 15) is 4.79 Å². The molecule has 2 aromatic heterocycles. The predicted octanol–water partition coefficient (Wildman–Crippen LogP) is 3.68. The van der Waals surface area contributed by atoms with Crippen LogP contribution in [0.5, 0.6) is 0 Å². The largest absolute Gasteiger partial charge is 0.338 e. The number of nitrogens with one attached hydrogen (secondary N) is 1. The summed E-state index contributed by atoms with van der Waals surface area (Å²) in [5, 5.41) is 11.5. The highest BCUT2D eigenvalue weighted by Crippen LogP contribution is 2.27. The van der Waals surface area contributed by atoms with Crippen LogP contribution < -0.4 is 5.32 Å². The third kappa shape index (κ3) is 3.80. The zero-order valence-corrected chi connectivity index (χ0v) is 14.2. The van der Waals surface area contributed by atoms with Crippen molar-refractivity contribution in [2.45, 2.75) is 17.3 Å². The van der Waals surface area contributed by atoms with Crippen molar-refractivity contribution in [2.24, 2.45) is 0 Å². The third-order valence-electron chi connectivity index (χ3n) is 3.19. The van der Waals surface area contributed by atoms with Gasteiger partial charge in [-0.2, -0.15) is 0 Å². The van der Waals surface area contributed by atoms with Gasteiger partial charge in [-0.1, -0.05) is 60.4 Å². The van der Waals surface area contributed by atoms with Gasteiger partial charge in [-0.25, -0.2) is 0 Å². The number of carbonyl (C=O) groups is 1. The normalized spacial score (nSPS) is 12.0. The van der Waals surface area contributed by atoms with Gasteiger partial charge in [0, 0.05) is 12.4 Å². The minimum atomic E-state index is -0.433. The number of nitrogens with zero attached hydrogens (tertiary/aromatic N) is 3. The van der Waals surface area contributed by atoms with Crippen molar-refractivity contribution in [3.63, 3.8) is 0 Å². The smallest absolute Gasteiger partial charge is 0.253 e. The van der Waals surface area contributed by atoms with Gasteiger partial charge in [0.05, 0.1) is 0 Å². The second kappa shape index (κ2) is 7.43. The van der Waals surface area contributed by atoms with Crippen LogP contribution in [0.2, 0.25) is 0 Å². The van der Waals surface area contributed by atoms with Gasteiger partial charge < -0.3 is 4.57 Å². The molecule has 0 aliphatic carbocycles. The quantitative estimate of drug-likeness (QED) is 0.547. The Hall–Kier alpha value is -2.12. The van der Waals surface area contributed by atoms with Gasteiger partial charge >= 0.3 is 0 Å². The lowest BCUT2D eigenvalue weighted by Gasteiger charge is -2.18. The summed E-state index contributed by atoms with van der Waals surface area (Å²) in [6.07, 6.45) is 3.77. The molecule has 1 aromatic carbocycles. The molecule has 0 fully saturated rings. The Balaban J connectivity index is 1.83. The van der Waals surface area contributed by atoms with E-state index in [-0.39, 0.29) is 5.91 Å². The average Bonchev–Trinajstić information content (AvgIpc) is 3.22. The van der Waals surface area contributed by atoms with Crippen molar-refractivity contribution in [1.29, 1.82) is 0 Å². The number of benzene rings is 1. The van der Waals surface area contributed by atoms with Crippen molar-refractivity contribution >= 4 is 34.1 Å². The summed E-state index contributed by atoms with van der Waals surface area (Å²) in [6, 6.07) is 13.1. The molecule has 1 unspecified atom stereocenters. The van der Waals surface area contributed by atoms with Crippen molar-refractivity contribution in [3.05, 3.63) is 60.4 Å². The van der Waals surface area contributed by atoms with Gasteiger partial charge in [0.1, 0.15) is 6.04 Å². The number of aromatic nitrogens is 3. The molecule has 0 aliphatic heterocycles. The molecule has 5 nitrogen and oxygen atoms in total. The van der Waals surface area contributed by atoms with E-state index in [1.54, 1.807) is 11.8 Å². The number of carbonyl (C=O) groups excluding carboxylic acids is 1. The number of rotatable bonds is 6. The van der Waals surface area contributed by atoms with Crippen LogP contribution >= 0.6 is 23.1 Å². The van der Waals surface area contributed by atoms with Crippen LogP contribution in [-0.2, 0) is 4.79 Å². The summed E-state index contributed by atoms with van der Waals surface area (Å²) >= 11 is 3.01. The molecule has 3 aromatic rings. The summed E-state index contributed by atoms with van der Waals surface area (Å²) in [7, 11) is 0. The Kier molecular flexibility index (Phi) is 5.09. The van der Waals surface area contributed by atoms with Crippen LogP contribution in [-0.4, -0.2) is 26.4 Å². The molecular weight excluding hydrogens is 328 g/mol. The predicted molar refractivity (Wildman–Crippen MR) is 93.9 cm³/mol. The zero-order chi connectivity index (χ0) is 16.1. The van der Waals surface area contributed by atoms with Gasteiger partial charge in [0.15, 0.2) is 4.34 Å². The highest BCUT2D eigenvalue weighted by molar-refractivity contribution is 8.01. The minimum absolute atomic E-state index is 0.128. The van der Waals surface area contributed by atoms with Crippen molar-refractivity contribution < 1.29 is 4.79 Å². The zero-order valence-electron chi connectivity index (χ0n) is 12.5. The summed E-state index contributed by atoms with van der Waals surface area (Å²) < 4.78 is 2.74. The first-order valence-corrected chi connectivity index (χ1v) is 9.02. The minimum Gasteiger partial charge on any atom is -0.338 e. The van der Waals surface area contributed by atoms with Gasteiger partial charge in [-0.05, 0) is 23.4 Å². The second-order valence-electron chi connectivity index (χ2n) is 4.74. The summed E-state index contributed by atoms with van der Waals surface area (Å²) in [4.78, 5) is 12.8. The summed E-state index contributed by atoms with van der Waals surface area (Å²) in [5.74, 6) is 0.801. The van der Waals surface area contributed by atoms with Gasteiger partial charge in [0.25, 0.3) is 5.91 Å². The van der Waals surface area contributed by atoms with E-state index in [0.717, 1.165) is 15.7 Å². The fraction of sp³-hybridized carbons (Fsp3) is 0.188. The Bertz CT molecular complexity index is 756. The van der Waals surface area contributed by atoms with Crippen molar-refractivity contribution in [3.8, 4) is 0 Å². The molecule has 0 saturated heterocycles. The highest BCUT2D eigenvalue weighted by Gasteiger charge is 2.23. The molecule has 118 valence electrons. The third-order valence-corrected chi connectivity index (χ3v) is 5.05. The topological polar surface area (TPSA) is 59.8 Å². The lowest BCUT2D eigenvalue weighted by molar-refractivity contribution is -0.118. The van der Waals surface area contributed by atoms with Crippen LogP contribution in [0.3, 0.4) is 0 Å². The van der Waals surface area contributed by atoms with Crippen LogP contribution in [0, 0.1) is 0 Å². The Morgan fingerprint density at radius 2 is 1.96 bits per heavy atom. The monoisotopic (exact) mass is 344 g/mol. The van der Waals surface area contributed by atoms with E-state index in [1.807, 2.05) is 59.4 Å². The first-order chi connectivity index (χ1) is 11.3. The molecule has 23 heavy (non-hydrogen) atoms. The van der Waals surface area contributed by atoms with E-state index in [1.165, 1.54) is 11.3 Å². The molecule has 7 heteroatoms. The van der Waals surface area contributed by atoms with Crippen LogP contribution in [0.4, 0.5) is 5.13 Å². The number of amides is 1. The van der Waals surface area contributed by atoms with Crippen LogP contribution in [0.25, 0.3) is 0 Å². The second-order valence-corrected chi connectivity index (χ2v) is 7.23. The molecule has 0 bridgehead atoms. The van der Waals surface area contributed by atoms with Crippen molar-refractivity contribution in [2.75, 3.05) is 11.1 Å². The first-order valence-electron chi connectivity index (χ1n) is 7.22. The van der Waals surface area contributed by atoms with E-state index >= 15 is 0 Å². The maximum absolute atomic E-state index is 12.8. The summed E-state index contributed by atoms with van der Waals surface area (Å²) in [6.45, 7) is 2.06. The molecule has 0 saturated carbocycles. The van der Waals surface area contributed by atoms with Gasteiger partial charge in [-0.15, -0.1) is 10.2 Å². The SMILES string of the molecule is CCSc1nnc(NC(=O)C(c2ccccc2)n2cccc2)s1. The van der Waals surface area contributed by atoms with Crippen LogP contribution in [0.1, 0.15) is 18.5 Å². The number of thioether (sulfide) groups is 1. The highest BCUT2D eigenvalue weighted by atomic mass is 32.2. The molecule has 0 radical (unpaired) electrons. The molecule has 0 spiro atoms. The maximum Gasteiger partial charge on any atom is 0.253 e. The van der Waals surface area contributed by atoms with E-state index in [4.69, 9.17) is 0 Å². The molecule has 0 aliphatic rings. The Morgan fingerprint density at radius 3 is 2.65 bits per heavy atom. The number of anilines is 1. The maximum atomic E-state index is 12.8. The lowest BCUT2D eigenvalue weighted by Crippen LogP contribution is -2.26. The molecule has 1 amide bonds. The van der Waals surface area contributed by atoms with Crippen molar-refractivity contribution in [1.82, 2.24) is 14.8 Å². The number of hydrogen-bond donors (Lipinski definition) is 1. The molecular formula is C16H16N4OS2. The van der Waals surface area contributed by atoms with Gasteiger partial charge in [0.2, 0.25) is 5.13 Å². The van der Waals surface area contributed by atoms with E-state index < -0.39 is 6.04 Å². The Morgan fingerprint density at radius 1 is 1.22 bits per heavy atom. The molecule has 1 atom stereocenters. The Labute approximate surface area is 142 Å². The first kappa shape index (κ1) is 15.8. The van der Waals surface area contributed by atoms with E-state index in [2.05, 4.69) is 22.4 Å².